The number of hydrogen-bond acceptors (Lipinski definition) is 5. The standard InChI is InChI=1S/C30H28BrN5O3/c1-19(2)39-25-16-20(17-32)8-13-24(25)29-34-27(21-6-4-3-5-7-21)28(22-9-11-23(31)12-10-22)36(29)30(38)35-15-14-33-26(37)18-35/h3-13,16,19,27-28H,14-15,18H2,1-2H3,(H,33,37)/t27-,28+/m0/s1. The summed E-state index contributed by atoms with van der Waals surface area (Å²) in [5.41, 5.74) is 2.91. The van der Waals surface area contributed by atoms with Crippen LogP contribution in [0.2, 0.25) is 0 Å². The molecule has 0 aliphatic carbocycles. The molecule has 0 bridgehead atoms. The Morgan fingerprint density at radius 2 is 1.85 bits per heavy atom. The second kappa shape index (κ2) is 11.3. The number of amidine groups is 1. The summed E-state index contributed by atoms with van der Waals surface area (Å²) in [6.07, 6.45) is -0.165. The van der Waals surface area contributed by atoms with E-state index < -0.39 is 12.1 Å². The van der Waals surface area contributed by atoms with Gasteiger partial charge in [0.25, 0.3) is 0 Å². The zero-order valence-electron chi connectivity index (χ0n) is 21.7. The van der Waals surface area contributed by atoms with Crippen LogP contribution in [0.15, 0.2) is 82.3 Å². The van der Waals surface area contributed by atoms with Gasteiger partial charge in [0, 0.05) is 17.6 Å². The zero-order valence-corrected chi connectivity index (χ0v) is 23.3. The van der Waals surface area contributed by atoms with Gasteiger partial charge < -0.3 is 15.0 Å². The third kappa shape index (κ3) is 5.52. The van der Waals surface area contributed by atoms with Crippen LogP contribution in [-0.4, -0.2) is 53.3 Å². The predicted octanol–water partition coefficient (Wildman–Crippen LogP) is 5.20. The summed E-state index contributed by atoms with van der Waals surface area (Å²) in [4.78, 5) is 35.0. The lowest BCUT2D eigenvalue weighted by atomic mass is 9.93. The summed E-state index contributed by atoms with van der Waals surface area (Å²) in [7, 11) is 0. The van der Waals surface area contributed by atoms with E-state index in [-0.39, 0.29) is 24.6 Å². The maximum atomic E-state index is 14.3. The Morgan fingerprint density at radius 1 is 1.10 bits per heavy atom. The van der Waals surface area contributed by atoms with Gasteiger partial charge in [-0.15, -0.1) is 0 Å². The Hall–Kier alpha value is -4.16. The highest BCUT2D eigenvalue weighted by Gasteiger charge is 2.45. The molecule has 5 rings (SSSR count). The Kier molecular flexibility index (Phi) is 7.66. The molecule has 0 aromatic heterocycles. The fourth-order valence-corrected chi connectivity index (χ4v) is 5.19. The molecule has 2 aliphatic rings. The van der Waals surface area contributed by atoms with Crippen LogP contribution < -0.4 is 10.1 Å². The minimum absolute atomic E-state index is 0.0333. The first kappa shape index (κ1) is 26.4. The number of hydrogen-bond donors (Lipinski definition) is 1. The van der Waals surface area contributed by atoms with Gasteiger partial charge in [-0.3, -0.25) is 14.7 Å². The van der Waals surface area contributed by atoms with Crippen molar-refractivity contribution in [1.82, 2.24) is 15.1 Å². The van der Waals surface area contributed by atoms with E-state index in [1.54, 1.807) is 28.0 Å². The maximum Gasteiger partial charge on any atom is 0.326 e. The number of carbonyl (C=O) groups excluding carboxylic acids is 2. The number of nitriles is 1. The molecule has 2 aliphatic heterocycles. The van der Waals surface area contributed by atoms with Crippen LogP contribution in [-0.2, 0) is 4.79 Å². The van der Waals surface area contributed by atoms with Gasteiger partial charge in [-0.25, -0.2) is 4.79 Å². The number of benzene rings is 3. The van der Waals surface area contributed by atoms with Crippen LogP contribution in [0, 0.1) is 11.3 Å². The lowest BCUT2D eigenvalue weighted by Gasteiger charge is -2.35. The van der Waals surface area contributed by atoms with Crippen LogP contribution in [0.5, 0.6) is 5.75 Å². The van der Waals surface area contributed by atoms with Gasteiger partial charge in [0.15, 0.2) is 0 Å². The number of carbonyl (C=O) groups is 2. The molecule has 2 atom stereocenters. The number of ether oxygens (including phenoxy) is 1. The first-order chi connectivity index (χ1) is 18.9. The van der Waals surface area contributed by atoms with E-state index in [0.717, 1.165) is 15.6 Å². The minimum atomic E-state index is -0.476. The molecule has 3 aromatic rings. The summed E-state index contributed by atoms with van der Waals surface area (Å²) in [5.74, 6) is 0.711. The van der Waals surface area contributed by atoms with Gasteiger partial charge in [-0.1, -0.05) is 58.4 Å². The highest BCUT2D eigenvalue weighted by atomic mass is 79.9. The molecular formula is C30H28BrN5O3. The van der Waals surface area contributed by atoms with Gasteiger partial charge in [0.2, 0.25) is 5.91 Å². The average Bonchev–Trinajstić information content (AvgIpc) is 3.33. The number of amides is 3. The van der Waals surface area contributed by atoms with Gasteiger partial charge in [-0.05, 0) is 55.3 Å². The van der Waals surface area contributed by atoms with E-state index in [0.29, 0.717) is 35.8 Å². The van der Waals surface area contributed by atoms with Crippen molar-refractivity contribution in [3.8, 4) is 11.8 Å². The molecule has 0 spiro atoms. The van der Waals surface area contributed by atoms with Crippen LogP contribution in [0.3, 0.4) is 0 Å². The Morgan fingerprint density at radius 3 is 2.51 bits per heavy atom. The van der Waals surface area contributed by atoms with E-state index >= 15 is 0 Å². The first-order valence-electron chi connectivity index (χ1n) is 12.8. The number of urea groups is 1. The van der Waals surface area contributed by atoms with Crippen molar-refractivity contribution >= 4 is 33.7 Å². The molecule has 1 N–H and O–H groups in total. The summed E-state index contributed by atoms with van der Waals surface area (Å²) in [5, 5.41) is 12.3. The monoisotopic (exact) mass is 585 g/mol. The Labute approximate surface area is 236 Å². The topological polar surface area (TPSA) is 98.0 Å². The number of rotatable bonds is 5. The number of halogens is 1. The number of aliphatic imine (C=N–C) groups is 1. The van der Waals surface area contributed by atoms with Crippen LogP contribution in [0.1, 0.15) is 48.2 Å². The normalized spacial score (nSPS) is 18.9. The Bertz CT molecular complexity index is 1450. The molecule has 3 aromatic carbocycles. The van der Waals surface area contributed by atoms with Crippen molar-refractivity contribution in [2.75, 3.05) is 19.6 Å². The minimum Gasteiger partial charge on any atom is -0.490 e. The average molecular weight is 586 g/mol. The van der Waals surface area contributed by atoms with E-state index in [4.69, 9.17) is 9.73 Å². The van der Waals surface area contributed by atoms with Gasteiger partial charge in [0.1, 0.15) is 24.2 Å². The summed E-state index contributed by atoms with van der Waals surface area (Å²) in [6.45, 7) is 4.56. The molecule has 1 fully saturated rings. The van der Waals surface area contributed by atoms with Crippen LogP contribution >= 0.6 is 15.9 Å². The predicted molar refractivity (Wildman–Crippen MR) is 151 cm³/mol. The summed E-state index contributed by atoms with van der Waals surface area (Å²) < 4.78 is 7.06. The van der Waals surface area contributed by atoms with Gasteiger partial charge in [-0.2, -0.15) is 5.26 Å². The lowest BCUT2D eigenvalue weighted by Crippen LogP contribution is -2.55. The summed E-state index contributed by atoms with van der Waals surface area (Å²) in [6, 6.07) is 23.9. The van der Waals surface area contributed by atoms with E-state index in [9.17, 15) is 14.9 Å². The highest BCUT2D eigenvalue weighted by molar-refractivity contribution is 9.10. The SMILES string of the molecule is CC(C)Oc1cc(C#N)ccc1C1=N[C@@H](c2ccccc2)[C@@H](c2ccc(Br)cc2)N1C(=O)N1CCNC(=O)C1. The van der Waals surface area contributed by atoms with Crippen molar-refractivity contribution in [2.24, 2.45) is 4.99 Å². The summed E-state index contributed by atoms with van der Waals surface area (Å²) >= 11 is 3.52. The molecule has 0 saturated carbocycles. The first-order valence-corrected chi connectivity index (χ1v) is 13.6. The van der Waals surface area contributed by atoms with Gasteiger partial charge in [0.05, 0.1) is 29.3 Å². The molecule has 39 heavy (non-hydrogen) atoms. The molecule has 9 heteroatoms. The molecule has 1 saturated heterocycles. The van der Waals surface area contributed by atoms with Gasteiger partial charge >= 0.3 is 6.03 Å². The smallest absolute Gasteiger partial charge is 0.326 e. The number of piperazine rings is 1. The largest absolute Gasteiger partial charge is 0.490 e. The molecule has 2 heterocycles. The highest BCUT2D eigenvalue weighted by Crippen LogP contribution is 2.45. The van der Waals surface area contributed by atoms with E-state index in [1.165, 1.54) is 0 Å². The quantitative estimate of drug-likeness (QED) is 0.444. The van der Waals surface area contributed by atoms with Crippen LogP contribution in [0.25, 0.3) is 0 Å². The third-order valence-corrected chi connectivity index (χ3v) is 7.18. The maximum absolute atomic E-state index is 14.3. The fourth-order valence-electron chi connectivity index (χ4n) is 4.93. The zero-order chi connectivity index (χ0) is 27.5. The van der Waals surface area contributed by atoms with Crippen molar-refractivity contribution in [3.05, 3.63) is 99.5 Å². The third-order valence-electron chi connectivity index (χ3n) is 6.65. The van der Waals surface area contributed by atoms with Crippen molar-refractivity contribution in [2.45, 2.75) is 32.0 Å². The van der Waals surface area contributed by atoms with Crippen molar-refractivity contribution in [3.63, 3.8) is 0 Å². The fraction of sp³-hybridized carbons (Fsp3) is 0.267. The van der Waals surface area contributed by atoms with Crippen molar-refractivity contribution < 1.29 is 14.3 Å². The molecule has 8 nitrogen and oxygen atoms in total. The number of nitrogens with zero attached hydrogens (tertiary/aromatic N) is 4. The molecular weight excluding hydrogens is 558 g/mol. The van der Waals surface area contributed by atoms with Crippen LogP contribution in [0.4, 0.5) is 4.79 Å². The van der Waals surface area contributed by atoms with E-state index in [1.807, 2.05) is 68.4 Å². The number of nitrogens with one attached hydrogen (secondary N) is 1. The second-order valence-electron chi connectivity index (χ2n) is 9.72. The molecule has 3 amide bonds. The molecule has 0 radical (unpaired) electrons. The Balaban J connectivity index is 1.71. The lowest BCUT2D eigenvalue weighted by molar-refractivity contribution is -0.123. The van der Waals surface area contributed by atoms with Crippen molar-refractivity contribution in [1.29, 1.82) is 5.26 Å². The second-order valence-corrected chi connectivity index (χ2v) is 10.6. The van der Waals surface area contributed by atoms with E-state index in [2.05, 4.69) is 27.3 Å². The molecule has 0 unspecified atom stereocenters. The molecule has 198 valence electrons.